The quantitative estimate of drug-likeness (QED) is 0.781. The van der Waals surface area contributed by atoms with Gasteiger partial charge in [0.25, 0.3) is 0 Å². The van der Waals surface area contributed by atoms with Gasteiger partial charge in [-0.25, -0.2) is 4.79 Å². The minimum atomic E-state index is -1.29. The molecule has 140 valence electrons. The first-order valence-corrected chi connectivity index (χ1v) is 8.35. The third kappa shape index (κ3) is 3.78. The van der Waals surface area contributed by atoms with Gasteiger partial charge in [0, 0.05) is 18.5 Å². The third-order valence-corrected chi connectivity index (χ3v) is 4.05. The molecule has 27 heavy (non-hydrogen) atoms. The van der Waals surface area contributed by atoms with Gasteiger partial charge in [-0.3, -0.25) is 4.79 Å². The maximum Gasteiger partial charge on any atom is 0.335 e. The smallest absolute Gasteiger partial charge is 0.335 e. The van der Waals surface area contributed by atoms with E-state index in [1.54, 1.807) is 19.1 Å². The molecule has 0 saturated carbocycles. The van der Waals surface area contributed by atoms with E-state index in [0.29, 0.717) is 23.6 Å². The average Bonchev–Trinajstić information content (AvgIpc) is 2.62. The van der Waals surface area contributed by atoms with Crippen LogP contribution >= 0.6 is 0 Å². The number of anilines is 1. The summed E-state index contributed by atoms with van der Waals surface area (Å²) in [6.45, 7) is 4.01. The van der Waals surface area contributed by atoms with Gasteiger partial charge in [0.1, 0.15) is 5.75 Å². The first kappa shape index (κ1) is 18.5. The van der Waals surface area contributed by atoms with E-state index in [1.807, 2.05) is 13.0 Å². The second kappa shape index (κ2) is 7.51. The molecule has 1 aliphatic rings. The van der Waals surface area contributed by atoms with Crippen molar-refractivity contribution in [2.45, 2.75) is 20.1 Å². The molecule has 1 atom stereocenters. The van der Waals surface area contributed by atoms with E-state index in [-0.39, 0.29) is 16.9 Å². The molecule has 1 aliphatic heterocycles. The van der Waals surface area contributed by atoms with Crippen LogP contribution in [0.3, 0.4) is 0 Å². The van der Waals surface area contributed by atoms with Gasteiger partial charge in [-0.05, 0) is 44.2 Å². The molecule has 2 aromatic rings. The van der Waals surface area contributed by atoms with Crippen molar-refractivity contribution in [1.29, 1.82) is 0 Å². The van der Waals surface area contributed by atoms with Gasteiger partial charge in [0.15, 0.2) is 5.78 Å². The fourth-order valence-corrected chi connectivity index (χ4v) is 2.72. The van der Waals surface area contributed by atoms with E-state index >= 15 is 0 Å². The number of aromatic carboxylic acids is 1. The van der Waals surface area contributed by atoms with Gasteiger partial charge < -0.3 is 25.0 Å². The molecule has 7 heteroatoms. The molecule has 0 aromatic heterocycles. The highest BCUT2D eigenvalue weighted by molar-refractivity contribution is 6.12. The lowest BCUT2D eigenvalue weighted by atomic mass is 9.98. The Morgan fingerprint density at radius 2 is 2.11 bits per heavy atom. The summed E-state index contributed by atoms with van der Waals surface area (Å²) in [6.07, 6.45) is 0.540. The van der Waals surface area contributed by atoms with Crippen LogP contribution in [0.5, 0.6) is 11.5 Å². The highest BCUT2D eigenvalue weighted by Crippen LogP contribution is 2.32. The maximum absolute atomic E-state index is 12.9. The fourth-order valence-electron chi connectivity index (χ4n) is 2.72. The summed E-state index contributed by atoms with van der Waals surface area (Å²) >= 11 is 0. The first-order chi connectivity index (χ1) is 12.9. The number of benzene rings is 2. The Morgan fingerprint density at radius 3 is 2.78 bits per heavy atom. The molecule has 0 radical (unpaired) electrons. The number of carbonyl (C=O) groups excluding carboxylic acids is 1. The predicted molar refractivity (Wildman–Crippen MR) is 96.1 cm³/mol. The highest BCUT2D eigenvalue weighted by atomic mass is 16.7. The predicted octanol–water partition coefficient (Wildman–Crippen LogP) is 2.70. The Labute approximate surface area is 155 Å². The molecule has 1 heterocycles. The molecule has 0 unspecified atom stereocenters. The van der Waals surface area contributed by atoms with Gasteiger partial charge in [-0.1, -0.05) is 17.4 Å². The second-order valence-electron chi connectivity index (χ2n) is 5.99. The van der Waals surface area contributed by atoms with Crippen molar-refractivity contribution in [2.24, 2.45) is 0 Å². The number of aryl methyl sites for hydroxylation is 1. The Morgan fingerprint density at radius 1 is 1.33 bits per heavy atom. The van der Waals surface area contributed by atoms with E-state index in [9.17, 15) is 14.7 Å². The number of ketones is 1. The number of carboxylic acids is 1. The third-order valence-electron chi connectivity index (χ3n) is 4.05. The van der Waals surface area contributed by atoms with Crippen LogP contribution in [-0.2, 0) is 4.74 Å². The highest BCUT2D eigenvalue weighted by Gasteiger charge is 2.32. The molecule has 0 amide bonds. The summed E-state index contributed by atoms with van der Waals surface area (Å²) in [5, 5.41) is 23.6. The van der Waals surface area contributed by atoms with Gasteiger partial charge in [-0.2, -0.15) is 0 Å². The van der Waals surface area contributed by atoms with Crippen LogP contribution in [0.25, 0.3) is 0 Å². The standard InChI is InChI=1S/C20H19NO6/c1-3-26-20-15(18(23)14-8-11(2)4-7-17(14)27-20)10-21-12-5-6-13(19(24)25)16(22)9-12/h4-10,20-22H,3H2,1-2H3,(H,24,25)/p-1/t20-/m0/s1. The van der Waals surface area contributed by atoms with Crippen LogP contribution in [-0.4, -0.2) is 29.8 Å². The largest absolute Gasteiger partial charge is 0.872 e. The van der Waals surface area contributed by atoms with Crippen LogP contribution < -0.4 is 15.2 Å². The Balaban J connectivity index is 1.91. The van der Waals surface area contributed by atoms with E-state index in [0.717, 1.165) is 11.6 Å². The molecule has 0 bridgehead atoms. The fraction of sp³-hybridized carbons (Fsp3) is 0.200. The van der Waals surface area contributed by atoms with E-state index in [2.05, 4.69) is 5.32 Å². The van der Waals surface area contributed by atoms with Gasteiger partial charge in [0.05, 0.1) is 16.7 Å². The van der Waals surface area contributed by atoms with Crippen molar-refractivity contribution < 1.29 is 29.3 Å². The van der Waals surface area contributed by atoms with Crippen molar-refractivity contribution in [3.63, 3.8) is 0 Å². The zero-order valence-electron chi connectivity index (χ0n) is 14.8. The molecule has 7 nitrogen and oxygen atoms in total. The SMILES string of the molecule is CCO[C@H]1Oc2ccc(C)cc2C(=O)C1=CNc1ccc(C(=O)O)c([O-])c1. The lowest BCUT2D eigenvalue weighted by Gasteiger charge is -2.27. The van der Waals surface area contributed by atoms with Crippen molar-refractivity contribution in [3.05, 3.63) is 64.9 Å². The van der Waals surface area contributed by atoms with Crippen molar-refractivity contribution in [3.8, 4) is 11.5 Å². The van der Waals surface area contributed by atoms with E-state index in [1.165, 1.54) is 18.3 Å². The molecule has 0 aliphatic carbocycles. The second-order valence-corrected chi connectivity index (χ2v) is 5.99. The van der Waals surface area contributed by atoms with Crippen molar-refractivity contribution in [2.75, 3.05) is 11.9 Å². The maximum atomic E-state index is 12.9. The molecule has 3 rings (SSSR count). The van der Waals surface area contributed by atoms with Crippen LogP contribution in [0.1, 0.15) is 33.2 Å². The molecule has 0 fully saturated rings. The van der Waals surface area contributed by atoms with Crippen LogP contribution in [0.4, 0.5) is 5.69 Å². The molecule has 0 spiro atoms. The number of carbonyl (C=O) groups is 2. The summed E-state index contributed by atoms with van der Waals surface area (Å²) < 4.78 is 11.3. The topological polar surface area (TPSA) is 108 Å². The average molecular weight is 368 g/mol. The van der Waals surface area contributed by atoms with Crippen LogP contribution in [0.2, 0.25) is 0 Å². The Hall–Kier alpha value is -3.32. The normalized spacial score (nSPS) is 17.3. The van der Waals surface area contributed by atoms with E-state index < -0.39 is 18.0 Å². The Bertz CT molecular complexity index is 934. The van der Waals surface area contributed by atoms with Crippen molar-refractivity contribution in [1.82, 2.24) is 0 Å². The van der Waals surface area contributed by atoms with Gasteiger partial charge in [0.2, 0.25) is 6.29 Å². The summed E-state index contributed by atoms with van der Waals surface area (Å²) in [5.41, 5.74) is 1.65. The van der Waals surface area contributed by atoms with Gasteiger partial charge >= 0.3 is 5.97 Å². The number of hydrogen-bond acceptors (Lipinski definition) is 6. The minimum absolute atomic E-state index is 0.240. The minimum Gasteiger partial charge on any atom is -0.872 e. The number of fused-ring (bicyclic) bond motifs is 1. The zero-order chi connectivity index (χ0) is 19.6. The number of ether oxygens (including phenoxy) is 2. The monoisotopic (exact) mass is 368 g/mol. The summed E-state index contributed by atoms with van der Waals surface area (Å²) in [5.74, 6) is -1.70. The van der Waals surface area contributed by atoms with Crippen molar-refractivity contribution >= 4 is 17.4 Å². The number of rotatable bonds is 5. The summed E-state index contributed by atoms with van der Waals surface area (Å²) in [6, 6.07) is 9.13. The van der Waals surface area contributed by atoms with Gasteiger partial charge in [-0.15, -0.1) is 0 Å². The Kier molecular flexibility index (Phi) is 5.14. The molecule has 0 saturated heterocycles. The summed E-state index contributed by atoms with van der Waals surface area (Å²) in [7, 11) is 0. The number of hydrogen-bond donors (Lipinski definition) is 2. The van der Waals surface area contributed by atoms with E-state index in [4.69, 9.17) is 14.6 Å². The molecular weight excluding hydrogens is 350 g/mol. The lowest BCUT2D eigenvalue weighted by molar-refractivity contribution is -0.268. The zero-order valence-corrected chi connectivity index (χ0v) is 14.8. The molecular formula is C20H18NO6-. The molecule has 2 aromatic carbocycles. The number of nitrogens with one attached hydrogen (secondary N) is 1. The van der Waals surface area contributed by atoms with Crippen LogP contribution in [0, 0.1) is 6.92 Å². The summed E-state index contributed by atoms with van der Waals surface area (Å²) in [4.78, 5) is 23.8. The lowest BCUT2D eigenvalue weighted by Crippen LogP contribution is -2.33. The molecule has 2 N–H and O–H groups in total. The number of carboxylic acid groups (broad SMARTS) is 1. The van der Waals surface area contributed by atoms with Crippen LogP contribution in [0.15, 0.2) is 48.2 Å². The number of Topliss-reactive ketones (excluding diaryl/α,β-unsaturated/α-hetero) is 1. The first-order valence-electron chi connectivity index (χ1n) is 8.35.